The van der Waals surface area contributed by atoms with Crippen LogP contribution in [0.3, 0.4) is 0 Å². The number of rotatable bonds is 6. The molecular formula is C22H25N5OS. The molecule has 0 radical (unpaired) electrons. The van der Waals surface area contributed by atoms with Crippen LogP contribution >= 0.6 is 11.8 Å². The average Bonchev–Trinajstić information content (AvgIpc) is 3.39. The number of hydrogen-bond acceptors (Lipinski definition) is 5. The number of carbonyl (C=O) groups excluding carboxylic acids is 1. The molecule has 1 aromatic carbocycles. The van der Waals surface area contributed by atoms with E-state index >= 15 is 0 Å². The van der Waals surface area contributed by atoms with Gasteiger partial charge >= 0.3 is 0 Å². The van der Waals surface area contributed by atoms with Gasteiger partial charge in [0.2, 0.25) is 5.91 Å². The van der Waals surface area contributed by atoms with Gasteiger partial charge in [-0.2, -0.15) is 0 Å². The Hall–Kier alpha value is -2.67. The lowest BCUT2D eigenvalue weighted by Gasteiger charge is -2.15. The van der Waals surface area contributed by atoms with E-state index in [1.807, 2.05) is 22.8 Å². The van der Waals surface area contributed by atoms with Crippen molar-refractivity contribution in [1.82, 2.24) is 25.1 Å². The Morgan fingerprint density at radius 2 is 2.00 bits per heavy atom. The minimum Gasteiger partial charge on any atom is -0.353 e. The van der Waals surface area contributed by atoms with E-state index in [9.17, 15) is 4.79 Å². The standard InChI is InChI=1S/C22H25N5OS/c1-15-7-5-11-19(16(15)2)27-21(17-8-6-12-23-13-17)25-26-22(27)29-14-20(28)24-18-9-3-4-10-18/h5-8,11-13,18H,3-4,9-10,14H2,1-2H3,(H,24,28). The quantitative estimate of drug-likeness (QED) is 0.623. The molecule has 1 aliphatic carbocycles. The first-order valence-electron chi connectivity index (χ1n) is 9.98. The smallest absolute Gasteiger partial charge is 0.230 e. The van der Waals surface area contributed by atoms with E-state index in [4.69, 9.17) is 0 Å². The maximum Gasteiger partial charge on any atom is 0.230 e. The summed E-state index contributed by atoms with van der Waals surface area (Å²) in [5.74, 6) is 1.11. The largest absolute Gasteiger partial charge is 0.353 e. The van der Waals surface area contributed by atoms with Crippen molar-refractivity contribution in [2.45, 2.75) is 50.7 Å². The summed E-state index contributed by atoms with van der Waals surface area (Å²) in [5, 5.41) is 12.7. The fourth-order valence-corrected chi connectivity index (χ4v) is 4.47. The maximum atomic E-state index is 12.4. The van der Waals surface area contributed by atoms with Crippen molar-refractivity contribution in [2.75, 3.05) is 5.75 Å². The molecule has 1 saturated carbocycles. The van der Waals surface area contributed by atoms with Crippen LogP contribution < -0.4 is 5.32 Å². The zero-order chi connectivity index (χ0) is 20.2. The fourth-order valence-electron chi connectivity index (χ4n) is 3.71. The monoisotopic (exact) mass is 407 g/mol. The van der Waals surface area contributed by atoms with Gasteiger partial charge < -0.3 is 5.32 Å². The van der Waals surface area contributed by atoms with E-state index in [1.54, 1.807) is 12.4 Å². The van der Waals surface area contributed by atoms with Gasteiger partial charge in [-0.25, -0.2) is 0 Å². The van der Waals surface area contributed by atoms with Gasteiger partial charge in [-0.3, -0.25) is 14.3 Å². The Morgan fingerprint density at radius 3 is 2.76 bits per heavy atom. The Labute approximate surface area is 175 Å². The Balaban J connectivity index is 1.64. The van der Waals surface area contributed by atoms with E-state index in [2.05, 4.69) is 46.5 Å². The van der Waals surface area contributed by atoms with Gasteiger partial charge in [0.05, 0.1) is 11.4 Å². The molecule has 4 rings (SSSR count). The van der Waals surface area contributed by atoms with E-state index in [1.165, 1.54) is 30.2 Å². The van der Waals surface area contributed by atoms with Crippen LogP contribution in [0.4, 0.5) is 0 Å². The Kier molecular flexibility index (Phi) is 5.94. The molecule has 1 aliphatic rings. The van der Waals surface area contributed by atoms with E-state index in [0.29, 0.717) is 17.0 Å². The van der Waals surface area contributed by atoms with Gasteiger partial charge in [0.1, 0.15) is 0 Å². The molecule has 1 fully saturated rings. The van der Waals surface area contributed by atoms with Crippen LogP contribution in [0, 0.1) is 13.8 Å². The first kappa shape index (κ1) is 19.6. The van der Waals surface area contributed by atoms with Gasteiger partial charge in [-0.1, -0.05) is 36.7 Å². The molecule has 1 amide bonds. The number of benzene rings is 1. The van der Waals surface area contributed by atoms with Gasteiger partial charge in [0, 0.05) is 24.0 Å². The predicted octanol–water partition coefficient (Wildman–Crippen LogP) is 4.10. The van der Waals surface area contributed by atoms with Crippen molar-refractivity contribution < 1.29 is 4.79 Å². The molecule has 2 aromatic heterocycles. The molecule has 150 valence electrons. The third kappa shape index (κ3) is 4.34. The molecule has 0 saturated heterocycles. The van der Waals surface area contributed by atoms with Gasteiger partial charge in [0.25, 0.3) is 0 Å². The molecule has 29 heavy (non-hydrogen) atoms. The summed E-state index contributed by atoms with van der Waals surface area (Å²) in [7, 11) is 0. The molecule has 0 spiro atoms. The normalized spacial score (nSPS) is 14.3. The van der Waals surface area contributed by atoms with E-state index in [-0.39, 0.29) is 5.91 Å². The number of nitrogens with one attached hydrogen (secondary N) is 1. The minimum absolute atomic E-state index is 0.0559. The highest BCUT2D eigenvalue weighted by molar-refractivity contribution is 7.99. The second kappa shape index (κ2) is 8.78. The molecule has 0 bridgehead atoms. The third-order valence-corrected chi connectivity index (χ3v) is 6.35. The number of carbonyl (C=O) groups is 1. The van der Waals surface area contributed by atoms with Crippen LogP contribution in [0.25, 0.3) is 17.1 Å². The number of thioether (sulfide) groups is 1. The second-order valence-electron chi connectivity index (χ2n) is 7.44. The van der Waals surface area contributed by atoms with Crippen molar-refractivity contribution in [3.63, 3.8) is 0 Å². The number of pyridine rings is 1. The van der Waals surface area contributed by atoms with E-state index in [0.717, 1.165) is 35.5 Å². The highest BCUT2D eigenvalue weighted by Crippen LogP contribution is 2.30. The summed E-state index contributed by atoms with van der Waals surface area (Å²) >= 11 is 1.42. The minimum atomic E-state index is 0.0559. The van der Waals surface area contributed by atoms with Gasteiger partial charge in [-0.15, -0.1) is 10.2 Å². The molecule has 1 N–H and O–H groups in total. The van der Waals surface area contributed by atoms with Crippen molar-refractivity contribution in [3.8, 4) is 17.1 Å². The van der Waals surface area contributed by atoms with Crippen molar-refractivity contribution in [2.24, 2.45) is 0 Å². The summed E-state index contributed by atoms with van der Waals surface area (Å²) < 4.78 is 2.03. The number of aromatic nitrogens is 4. The number of hydrogen-bond donors (Lipinski definition) is 1. The summed E-state index contributed by atoms with van der Waals surface area (Å²) in [6.07, 6.45) is 8.10. The zero-order valence-electron chi connectivity index (χ0n) is 16.8. The lowest BCUT2D eigenvalue weighted by Crippen LogP contribution is -2.33. The van der Waals surface area contributed by atoms with Crippen LogP contribution in [0.5, 0.6) is 0 Å². The summed E-state index contributed by atoms with van der Waals surface area (Å²) in [6, 6.07) is 10.4. The molecule has 7 heteroatoms. The first-order valence-corrected chi connectivity index (χ1v) is 11.0. The highest BCUT2D eigenvalue weighted by Gasteiger charge is 2.21. The van der Waals surface area contributed by atoms with Crippen LogP contribution in [0.1, 0.15) is 36.8 Å². The maximum absolute atomic E-state index is 12.4. The van der Waals surface area contributed by atoms with Gasteiger partial charge in [0.15, 0.2) is 11.0 Å². The van der Waals surface area contributed by atoms with Gasteiger partial charge in [-0.05, 0) is 56.0 Å². The highest BCUT2D eigenvalue weighted by atomic mass is 32.2. The summed E-state index contributed by atoms with van der Waals surface area (Å²) in [4.78, 5) is 16.6. The summed E-state index contributed by atoms with van der Waals surface area (Å²) in [6.45, 7) is 4.19. The van der Waals surface area contributed by atoms with E-state index < -0.39 is 0 Å². The lowest BCUT2D eigenvalue weighted by molar-refractivity contribution is -0.119. The van der Waals surface area contributed by atoms with Crippen LogP contribution in [-0.4, -0.2) is 37.5 Å². The van der Waals surface area contributed by atoms with Crippen molar-refractivity contribution in [3.05, 3.63) is 53.9 Å². The first-order chi connectivity index (χ1) is 14.1. The lowest BCUT2D eigenvalue weighted by atomic mass is 10.1. The zero-order valence-corrected chi connectivity index (χ0v) is 17.6. The number of nitrogens with zero attached hydrogens (tertiary/aromatic N) is 4. The fraction of sp³-hybridized carbons (Fsp3) is 0.364. The molecule has 2 heterocycles. The van der Waals surface area contributed by atoms with Crippen molar-refractivity contribution in [1.29, 1.82) is 0 Å². The molecule has 6 nitrogen and oxygen atoms in total. The second-order valence-corrected chi connectivity index (χ2v) is 8.38. The van der Waals surface area contributed by atoms with Crippen LogP contribution in [0.15, 0.2) is 47.9 Å². The average molecular weight is 408 g/mol. The number of aryl methyl sites for hydroxylation is 1. The van der Waals surface area contributed by atoms with Crippen LogP contribution in [-0.2, 0) is 4.79 Å². The van der Waals surface area contributed by atoms with Crippen LogP contribution in [0.2, 0.25) is 0 Å². The molecule has 0 unspecified atom stereocenters. The molecule has 0 aliphatic heterocycles. The molecule has 3 aromatic rings. The van der Waals surface area contributed by atoms with Crippen molar-refractivity contribution >= 4 is 17.7 Å². The topological polar surface area (TPSA) is 72.7 Å². The predicted molar refractivity (Wildman–Crippen MR) is 115 cm³/mol. The SMILES string of the molecule is Cc1cccc(-n2c(SCC(=O)NC3CCCC3)nnc2-c2cccnc2)c1C. The number of amides is 1. The Morgan fingerprint density at radius 1 is 1.17 bits per heavy atom. The third-order valence-electron chi connectivity index (χ3n) is 5.42. The summed E-state index contributed by atoms with van der Waals surface area (Å²) in [5.41, 5.74) is 4.27. The Bertz CT molecular complexity index is 996. The molecule has 0 atom stereocenters. The molecular weight excluding hydrogens is 382 g/mol.